The van der Waals surface area contributed by atoms with Gasteiger partial charge in [0.15, 0.2) is 0 Å². The van der Waals surface area contributed by atoms with Crippen LogP contribution in [0.25, 0.3) is 11.0 Å². The van der Waals surface area contributed by atoms with Crippen molar-refractivity contribution < 1.29 is 14.3 Å². The minimum absolute atomic E-state index is 0.197. The Morgan fingerprint density at radius 3 is 3.00 bits per heavy atom. The molecule has 0 saturated carbocycles. The van der Waals surface area contributed by atoms with Crippen molar-refractivity contribution in [2.75, 3.05) is 0 Å². The highest BCUT2D eigenvalue weighted by Crippen LogP contribution is 2.15. The summed E-state index contributed by atoms with van der Waals surface area (Å²) in [7, 11) is 0. The molecule has 3 aromatic rings. The molecule has 7 heteroatoms. The van der Waals surface area contributed by atoms with Crippen molar-refractivity contribution in [1.82, 2.24) is 20.0 Å². The van der Waals surface area contributed by atoms with Crippen molar-refractivity contribution in [3.05, 3.63) is 41.6 Å². The molecule has 0 unspecified atom stereocenters. The van der Waals surface area contributed by atoms with Crippen molar-refractivity contribution in [2.45, 2.75) is 19.9 Å². The van der Waals surface area contributed by atoms with Gasteiger partial charge in [0.2, 0.25) is 5.89 Å². The van der Waals surface area contributed by atoms with Crippen LogP contribution < -0.4 is 0 Å². The van der Waals surface area contributed by atoms with Gasteiger partial charge in [-0.2, -0.15) is 0 Å². The third kappa shape index (κ3) is 2.13. The fraction of sp³-hybridized carbons (Fsp3) is 0.231. The number of aryl methyl sites for hydroxylation is 1. The van der Waals surface area contributed by atoms with E-state index in [4.69, 9.17) is 9.52 Å². The molecule has 0 radical (unpaired) electrons. The maximum atomic E-state index is 11.0. The molecular weight excluding hydrogens is 260 g/mol. The molecule has 1 aromatic carbocycles. The van der Waals surface area contributed by atoms with Gasteiger partial charge in [-0.05, 0) is 18.2 Å². The SMILES string of the molecule is CCc1cnc(Cn2nnc3ccc(C(=O)O)cc32)o1. The number of carboxylic acid groups (broad SMARTS) is 1. The van der Waals surface area contributed by atoms with E-state index < -0.39 is 5.97 Å². The quantitative estimate of drug-likeness (QED) is 0.777. The Balaban J connectivity index is 1.98. The van der Waals surface area contributed by atoms with Crippen LogP contribution in [0.2, 0.25) is 0 Å². The van der Waals surface area contributed by atoms with E-state index in [9.17, 15) is 4.79 Å². The van der Waals surface area contributed by atoms with Gasteiger partial charge in [-0.3, -0.25) is 0 Å². The van der Waals surface area contributed by atoms with Crippen molar-refractivity contribution in [3.8, 4) is 0 Å². The molecule has 7 nitrogen and oxygen atoms in total. The molecule has 0 saturated heterocycles. The highest BCUT2D eigenvalue weighted by atomic mass is 16.4. The number of carbonyl (C=O) groups is 1. The molecule has 0 fully saturated rings. The zero-order chi connectivity index (χ0) is 14.1. The minimum Gasteiger partial charge on any atom is -0.478 e. The molecule has 1 N–H and O–H groups in total. The van der Waals surface area contributed by atoms with Crippen LogP contribution in [0.4, 0.5) is 0 Å². The number of oxazole rings is 1. The van der Waals surface area contributed by atoms with E-state index in [1.54, 1.807) is 23.0 Å². The van der Waals surface area contributed by atoms with Gasteiger partial charge in [0.05, 0.1) is 17.3 Å². The largest absolute Gasteiger partial charge is 0.478 e. The summed E-state index contributed by atoms with van der Waals surface area (Å²) in [4.78, 5) is 15.2. The lowest BCUT2D eigenvalue weighted by Crippen LogP contribution is -2.03. The Kier molecular flexibility index (Phi) is 2.94. The summed E-state index contributed by atoms with van der Waals surface area (Å²) < 4.78 is 7.09. The van der Waals surface area contributed by atoms with Gasteiger partial charge in [0.1, 0.15) is 17.8 Å². The Morgan fingerprint density at radius 1 is 1.45 bits per heavy atom. The first-order chi connectivity index (χ1) is 9.67. The van der Waals surface area contributed by atoms with E-state index in [1.165, 1.54) is 6.07 Å². The second-order valence-electron chi connectivity index (χ2n) is 4.33. The van der Waals surface area contributed by atoms with E-state index >= 15 is 0 Å². The summed E-state index contributed by atoms with van der Waals surface area (Å²) in [6.45, 7) is 2.30. The van der Waals surface area contributed by atoms with Gasteiger partial charge >= 0.3 is 5.97 Å². The third-order valence-corrected chi connectivity index (χ3v) is 3.00. The van der Waals surface area contributed by atoms with Crippen LogP contribution in [-0.2, 0) is 13.0 Å². The van der Waals surface area contributed by atoms with E-state index in [2.05, 4.69) is 15.3 Å². The molecule has 0 aliphatic heterocycles. The first-order valence-corrected chi connectivity index (χ1v) is 6.17. The molecule has 102 valence electrons. The summed E-state index contributed by atoms with van der Waals surface area (Å²) >= 11 is 0. The number of hydrogen-bond acceptors (Lipinski definition) is 5. The highest BCUT2D eigenvalue weighted by molar-refractivity contribution is 5.92. The van der Waals surface area contributed by atoms with Crippen LogP contribution in [-0.4, -0.2) is 31.1 Å². The molecular formula is C13H12N4O3. The number of fused-ring (bicyclic) bond motifs is 1. The number of aromatic carboxylic acids is 1. The predicted molar refractivity (Wildman–Crippen MR) is 69.5 cm³/mol. The Bertz CT molecular complexity index is 775. The summed E-state index contributed by atoms with van der Waals surface area (Å²) in [6, 6.07) is 4.68. The van der Waals surface area contributed by atoms with Gasteiger partial charge in [-0.15, -0.1) is 5.10 Å². The lowest BCUT2D eigenvalue weighted by atomic mass is 10.2. The van der Waals surface area contributed by atoms with Crippen molar-refractivity contribution in [3.63, 3.8) is 0 Å². The minimum atomic E-state index is -0.982. The zero-order valence-corrected chi connectivity index (χ0v) is 10.8. The van der Waals surface area contributed by atoms with Crippen molar-refractivity contribution in [2.24, 2.45) is 0 Å². The van der Waals surface area contributed by atoms with E-state index in [0.29, 0.717) is 23.5 Å². The fourth-order valence-electron chi connectivity index (χ4n) is 1.93. The number of rotatable bonds is 4. The average Bonchev–Trinajstić information content (AvgIpc) is 3.06. The Hall–Kier alpha value is -2.70. The summed E-state index contributed by atoms with van der Waals surface area (Å²) in [6.07, 6.45) is 2.45. The summed E-state index contributed by atoms with van der Waals surface area (Å²) in [5.74, 6) is 0.342. The lowest BCUT2D eigenvalue weighted by molar-refractivity contribution is 0.0697. The topological polar surface area (TPSA) is 94.0 Å². The Morgan fingerprint density at radius 2 is 2.30 bits per heavy atom. The van der Waals surface area contributed by atoms with Gasteiger partial charge in [-0.25, -0.2) is 14.5 Å². The molecule has 0 bridgehead atoms. The molecule has 2 aromatic heterocycles. The Labute approximate surface area is 113 Å². The molecule has 20 heavy (non-hydrogen) atoms. The van der Waals surface area contributed by atoms with Crippen molar-refractivity contribution in [1.29, 1.82) is 0 Å². The van der Waals surface area contributed by atoms with E-state index in [0.717, 1.165) is 12.2 Å². The van der Waals surface area contributed by atoms with Crippen molar-refractivity contribution >= 4 is 17.0 Å². The molecule has 0 aliphatic carbocycles. The third-order valence-electron chi connectivity index (χ3n) is 3.00. The number of carboxylic acids is 1. The molecule has 3 rings (SSSR count). The molecule has 0 aliphatic rings. The fourth-order valence-corrected chi connectivity index (χ4v) is 1.93. The second kappa shape index (κ2) is 4.76. The molecule has 2 heterocycles. The highest BCUT2D eigenvalue weighted by Gasteiger charge is 2.11. The summed E-state index contributed by atoms with van der Waals surface area (Å²) in [5.41, 5.74) is 1.47. The maximum Gasteiger partial charge on any atom is 0.335 e. The normalized spacial score (nSPS) is 11.1. The van der Waals surface area contributed by atoms with Crippen LogP contribution in [0.15, 0.2) is 28.8 Å². The van der Waals surface area contributed by atoms with Crippen LogP contribution in [0.3, 0.4) is 0 Å². The number of nitrogens with zero attached hydrogens (tertiary/aromatic N) is 4. The lowest BCUT2D eigenvalue weighted by Gasteiger charge is -1.99. The van der Waals surface area contributed by atoms with E-state index in [1.807, 2.05) is 6.92 Å². The van der Waals surface area contributed by atoms with Gasteiger partial charge in [0.25, 0.3) is 0 Å². The number of aromatic nitrogens is 4. The van der Waals surface area contributed by atoms with Crippen LogP contribution in [0.1, 0.15) is 28.9 Å². The monoisotopic (exact) mass is 272 g/mol. The van der Waals surface area contributed by atoms with Gasteiger partial charge in [0, 0.05) is 6.42 Å². The predicted octanol–water partition coefficient (Wildman–Crippen LogP) is 1.73. The first kappa shape index (κ1) is 12.3. The number of hydrogen-bond donors (Lipinski definition) is 1. The molecule has 0 atom stereocenters. The number of benzene rings is 1. The molecule has 0 spiro atoms. The standard InChI is InChI=1S/C13H12N4O3/c1-2-9-6-14-12(20-9)7-17-11-5-8(13(18)19)3-4-10(11)15-16-17/h3-6H,2,7H2,1H3,(H,18,19). The second-order valence-corrected chi connectivity index (χ2v) is 4.33. The average molecular weight is 272 g/mol. The summed E-state index contributed by atoms with van der Waals surface area (Å²) in [5, 5.41) is 17.0. The maximum absolute atomic E-state index is 11.0. The van der Waals surface area contributed by atoms with E-state index in [-0.39, 0.29) is 5.56 Å². The van der Waals surface area contributed by atoms with Crippen LogP contribution in [0.5, 0.6) is 0 Å². The van der Waals surface area contributed by atoms with Gasteiger partial charge in [-0.1, -0.05) is 12.1 Å². The first-order valence-electron chi connectivity index (χ1n) is 6.17. The smallest absolute Gasteiger partial charge is 0.335 e. The molecule has 0 amide bonds. The zero-order valence-electron chi connectivity index (χ0n) is 10.8. The van der Waals surface area contributed by atoms with Crippen LogP contribution in [0, 0.1) is 0 Å². The van der Waals surface area contributed by atoms with Crippen LogP contribution >= 0.6 is 0 Å². The van der Waals surface area contributed by atoms with Gasteiger partial charge < -0.3 is 9.52 Å².